The van der Waals surface area contributed by atoms with Crippen LogP contribution in [0.1, 0.15) is 63.0 Å². The molecule has 1 amide bonds. The molecule has 1 aromatic heterocycles. The van der Waals surface area contributed by atoms with Crippen molar-refractivity contribution in [2.24, 2.45) is 5.92 Å². The summed E-state index contributed by atoms with van der Waals surface area (Å²) in [6, 6.07) is 3.75. The topological polar surface area (TPSA) is 54.0 Å². The first-order chi connectivity index (χ1) is 10.1. The van der Waals surface area contributed by atoms with Crippen LogP contribution in [0.3, 0.4) is 0 Å². The lowest BCUT2D eigenvalue weighted by Crippen LogP contribution is -2.29. The molecule has 4 nitrogen and oxygen atoms in total. The lowest BCUT2D eigenvalue weighted by Gasteiger charge is -2.14. The predicted molar refractivity (Wildman–Crippen MR) is 88.8 cm³/mol. The molecule has 0 aliphatic rings. The van der Waals surface area contributed by atoms with Crippen LogP contribution in [0.15, 0.2) is 12.1 Å². The zero-order valence-corrected chi connectivity index (χ0v) is 13.8. The minimum absolute atomic E-state index is 0.000746. The van der Waals surface area contributed by atoms with E-state index in [9.17, 15) is 4.79 Å². The second-order valence-corrected chi connectivity index (χ2v) is 5.41. The molecule has 0 unspecified atom stereocenters. The van der Waals surface area contributed by atoms with Crippen LogP contribution < -0.4 is 10.6 Å². The summed E-state index contributed by atoms with van der Waals surface area (Å²) in [5, 5.41) is 6.24. The van der Waals surface area contributed by atoms with Crippen LogP contribution in [0.5, 0.6) is 0 Å². The number of amides is 1. The smallest absolute Gasteiger partial charge is 0.251 e. The minimum Gasteiger partial charge on any atom is -0.370 e. The van der Waals surface area contributed by atoms with Crippen molar-refractivity contribution in [2.45, 2.75) is 53.4 Å². The fourth-order valence-corrected chi connectivity index (χ4v) is 2.29. The summed E-state index contributed by atoms with van der Waals surface area (Å²) in [6.45, 7) is 10.0. The first-order valence-electron chi connectivity index (χ1n) is 8.17. The van der Waals surface area contributed by atoms with Crippen LogP contribution in [0.2, 0.25) is 0 Å². The number of anilines is 1. The summed E-state index contributed by atoms with van der Waals surface area (Å²) in [5.74, 6) is 1.34. The van der Waals surface area contributed by atoms with Gasteiger partial charge in [0.15, 0.2) is 0 Å². The summed E-state index contributed by atoms with van der Waals surface area (Å²) < 4.78 is 0. The molecule has 0 aliphatic carbocycles. The third kappa shape index (κ3) is 5.74. The molecule has 0 spiro atoms. The highest BCUT2D eigenvalue weighted by molar-refractivity contribution is 5.95. The quantitative estimate of drug-likeness (QED) is 0.730. The molecule has 0 aromatic carbocycles. The second-order valence-electron chi connectivity index (χ2n) is 5.41. The van der Waals surface area contributed by atoms with Crippen molar-refractivity contribution in [3.05, 3.63) is 23.4 Å². The van der Waals surface area contributed by atoms with Gasteiger partial charge in [0.2, 0.25) is 0 Å². The summed E-state index contributed by atoms with van der Waals surface area (Å²) in [5.41, 5.74) is 1.68. The number of nitrogens with one attached hydrogen (secondary N) is 2. The van der Waals surface area contributed by atoms with E-state index in [1.165, 1.54) is 0 Å². The number of nitrogens with zero attached hydrogens (tertiary/aromatic N) is 1. The van der Waals surface area contributed by atoms with Crippen molar-refractivity contribution in [3.8, 4) is 0 Å². The first-order valence-corrected chi connectivity index (χ1v) is 8.17. The molecule has 0 bridgehead atoms. The number of aromatic nitrogens is 1. The zero-order chi connectivity index (χ0) is 15.7. The second kappa shape index (κ2) is 9.37. The van der Waals surface area contributed by atoms with Crippen molar-refractivity contribution >= 4 is 11.7 Å². The molecule has 2 N–H and O–H groups in total. The van der Waals surface area contributed by atoms with Gasteiger partial charge in [0.05, 0.1) is 0 Å². The van der Waals surface area contributed by atoms with Crippen LogP contribution in [0, 0.1) is 5.92 Å². The number of hydrogen-bond acceptors (Lipinski definition) is 3. The monoisotopic (exact) mass is 291 g/mol. The number of carbonyl (C=O) groups is 1. The lowest BCUT2D eigenvalue weighted by molar-refractivity contribution is 0.0946. The van der Waals surface area contributed by atoms with E-state index in [0.29, 0.717) is 11.5 Å². The molecule has 0 aliphatic heterocycles. The molecule has 0 saturated heterocycles. The molecule has 1 rings (SSSR count). The number of pyridine rings is 1. The van der Waals surface area contributed by atoms with Crippen LogP contribution in [-0.2, 0) is 6.42 Å². The van der Waals surface area contributed by atoms with E-state index in [0.717, 1.165) is 50.3 Å². The molecule has 0 atom stereocenters. The highest BCUT2D eigenvalue weighted by atomic mass is 16.1. The number of rotatable bonds is 9. The van der Waals surface area contributed by atoms with E-state index in [2.05, 4.69) is 36.4 Å². The molecule has 0 radical (unpaired) electrons. The molecule has 21 heavy (non-hydrogen) atoms. The van der Waals surface area contributed by atoms with Crippen molar-refractivity contribution in [3.63, 3.8) is 0 Å². The normalized spacial score (nSPS) is 10.7. The molecular weight excluding hydrogens is 262 g/mol. The summed E-state index contributed by atoms with van der Waals surface area (Å²) >= 11 is 0. The number of aryl methyl sites for hydroxylation is 1. The van der Waals surface area contributed by atoms with Crippen LogP contribution in [0.25, 0.3) is 0 Å². The van der Waals surface area contributed by atoms with Gasteiger partial charge in [-0.3, -0.25) is 4.79 Å². The molecule has 1 heterocycles. The molecule has 118 valence electrons. The summed E-state index contributed by atoms with van der Waals surface area (Å²) in [7, 11) is 0. The Balaban J connectivity index is 2.81. The molecule has 1 aromatic rings. The third-order valence-corrected chi connectivity index (χ3v) is 3.71. The van der Waals surface area contributed by atoms with E-state index in [1.54, 1.807) is 0 Å². The van der Waals surface area contributed by atoms with E-state index >= 15 is 0 Å². The third-order valence-electron chi connectivity index (χ3n) is 3.71. The summed E-state index contributed by atoms with van der Waals surface area (Å²) in [4.78, 5) is 16.9. The highest BCUT2D eigenvalue weighted by Crippen LogP contribution is 2.13. The van der Waals surface area contributed by atoms with Gasteiger partial charge in [-0.1, -0.05) is 40.0 Å². The van der Waals surface area contributed by atoms with Crippen molar-refractivity contribution in [1.82, 2.24) is 10.3 Å². The fraction of sp³-hybridized carbons (Fsp3) is 0.647. The number of hydrogen-bond donors (Lipinski definition) is 2. The van der Waals surface area contributed by atoms with Crippen molar-refractivity contribution < 1.29 is 4.79 Å². The Morgan fingerprint density at radius 3 is 2.48 bits per heavy atom. The fourth-order valence-electron chi connectivity index (χ4n) is 2.29. The average molecular weight is 291 g/mol. The summed E-state index contributed by atoms with van der Waals surface area (Å²) in [6.07, 6.45) is 4.11. The van der Waals surface area contributed by atoms with E-state index in [1.807, 2.05) is 19.1 Å². The van der Waals surface area contributed by atoms with Gasteiger partial charge in [-0.2, -0.15) is 0 Å². The molecular formula is C17H29N3O. The van der Waals surface area contributed by atoms with Gasteiger partial charge >= 0.3 is 0 Å². The van der Waals surface area contributed by atoms with Crippen molar-refractivity contribution in [2.75, 3.05) is 18.4 Å². The van der Waals surface area contributed by atoms with E-state index in [4.69, 9.17) is 0 Å². The Bertz CT molecular complexity index is 417. The van der Waals surface area contributed by atoms with Gasteiger partial charge in [0.1, 0.15) is 5.82 Å². The predicted octanol–water partition coefficient (Wildman–Crippen LogP) is 3.63. The van der Waals surface area contributed by atoms with Crippen LogP contribution >= 0.6 is 0 Å². The maximum atomic E-state index is 12.3. The Labute approximate surface area is 128 Å². The highest BCUT2D eigenvalue weighted by Gasteiger charge is 2.11. The van der Waals surface area contributed by atoms with Crippen LogP contribution in [-0.4, -0.2) is 24.0 Å². The van der Waals surface area contributed by atoms with Crippen LogP contribution in [0.4, 0.5) is 5.82 Å². The van der Waals surface area contributed by atoms with Gasteiger partial charge in [-0.25, -0.2) is 4.98 Å². The van der Waals surface area contributed by atoms with Gasteiger partial charge < -0.3 is 10.6 Å². The van der Waals surface area contributed by atoms with Gasteiger partial charge in [0, 0.05) is 24.3 Å². The van der Waals surface area contributed by atoms with Gasteiger partial charge in [0.25, 0.3) is 5.91 Å². The SMILES string of the molecule is CCCc1cc(C(=O)NCC(CC)CC)cc(NCC)n1. The van der Waals surface area contributed by atoms with Gasteiger partial charge in [-0.15, -0.1) is 0 Å². The minimum atomic E-state index is 0.000746. The Morgan fingerprint density at radius 2 is 1.90 bits per heavy atom. The average Bonchev–Trinajstić information content (AvgIpc) is 2.48. The number of carbonyl (C=O) groups excluding carboxylic acids is 1. The Kier molecular flexibility index (Phi) is 7.80. The maximum absolute atomic E-state index is 12.3. The molecule has 4 heteroatoms. The largest absolute Gasteiger partial charge is 0.370 e. The van der Waals surface area contributed by atoms with Crippen molar-refractivity contribution in [1.29, 1.82) is 0 Å². The lowest BCUT2D eigenvalue weighted by atomic mass is 10.0. The Morgan fingerprint density at radius 1 is 1.19 bits per heavy atom. The molecule has 0 fully saturated rings. The first kappa shape index (κ1) is 17.5. The maximum Gasteiger partial charge on any atom is 0.251 e. The molecule has 0 saturated carbocycles. The van der Waals surface area contributed by atoms with Gasteiger partial charge in [-0.05, 0) is 31.4 Å². The Hall–Kier alpha value is -1.58. The van der Waals surface area contributed by atoms with E-state index in [-0.39, 0.29) is 5.91 Å². The standard InChI is InChI=1S/C17H29N3O/c1-5-9-15-10-14(11-16(20-15)18-8-4)17(21)19-12-13(6-2)7-3/h10-11,13H,5-9,12H2,1-4H3,(H,18,20)(H,19,21). The zero-order valence-electron chi connectivity index (χ0n) is 13.8. The van der Waals surface area contributed by atoms with E-state index < -0.39 is 0 Å².